The van der Waals surface area contributed by atoms with E-state index in [1.807, 2.05) is 10.9 Å². The lowest BCUT2D eigenvalue weighted by atomic mass is 9.78. The van der Waals surface area contributed by atoms with Crippen LogP contribution in [0.1, 0.15) is 23.2 Å². The molecule has 0 bridgehead atoms. The number of benzene rings is 1. The van der Waals surface area contributed by atoms with Gasteiger partial charge in [-0.3, -0.25) is 4.68 Å². The summed E-state index contributed by atoms with van der Waals surface area (Å²) in [6.07, 6.45) is 4.35. The third-order valence-electron chi connectivity index (χ3n) is 5.97. The Labute approximate surface area is 175 Å². The Hall–Kier alpha value is -2.09. The number of hydrogen-bond acceptors (Lipinski definition) is 6. The van der Waals surface area contributed by atoms with Gasteiger partial charge < -0.3 is 19.5 Å². The van der Waals surface area contributed by atoms with Crippen LogP contribution in [0.25, 0.3) is 0 Å². The number of esters is 1. The number of fused-ring (bicyclic) bond motifs is 1. The molecule has 156 valence electrons. The van der Waals surface area contributed by atoms with Crippen molar-refractivity contribution in [3.8, 4) is 5.75 Å². The molecule has 2 aromatic rings. The molecule has 0 amide bonds. The van der Waals surface area contributed by atoms with Crippen LogP contribution in [0, 0.1) is 11.8 Å². The summed E-state index contributed by atoms with van der Waals surface area (Å²) in [4.78, 5) is 14.0. The maximum Gasteiger partial charge on any atom is 0.337 e. The van der Waals surface area contributed by atoms with Crippen LogP contribution in [0.5, 0.6) is 5.75 Å². The predicted molar refractivity (Wildman–Crippen MR) is 108 cm³/mol. The number of hydrogen-bond donors (Lipinski definition) is 1. The number of aliphatic hydroxyl groups is 1. The number of methoxy groups -OCH3 is 1. The predicted octanol–water partition coefficient (Wildman–Crippen LogP) is 2.47. The maximum atomic E-state index is 11.5. The van der Waals surface area contributed by atoms with E-state index in [0.717, 1.165) is 39.0 Å². The second kappa shape index (κ2) is 8.73. The first-order valence-electron chi connectivity index (χ1n) is 9.95. The van der Waals surface area contributed by atoms with Gasteiger partial charge in [-0.2, -0.15) is 5.10 Å². The number of aromatic nitrogens is 2. The van der Waals surface area contributed by atoms with Gasteiger partial charge in [-0.1, -0.05) is 11.6 Å². The van der Waals surface area contributed by atoms with Crippen LogP contribution in [0.3, 0.4) is 0 Å². The third kappa shape index (κ3) is 4.74. The third-order valence-corrected chi connectivity index (χ3v) is 6.17. The molecule has 0 unspecified atom stereocenters. The molecule has 1 aromatic carbocycles. The molecule has 29 heavy (non-hydrogen) atoms. The van der Waals surface area contributed by atoms with E-state index < -0.39 is 6.10 Å². The van der Waals surface area contributed by atoms with Gasteiger partial charge in [0.15, 0.2) is 0 Å². The Kier molecular flexibility index (Phi) is 6.08. The van der Waals surface area contributed by atoms with Gasteiger partial charge in [-0.25, -0.2) is 4.79 Å². The van der Waals surface area contributed by atoms with Crippen LogP contribution in [0.4, 0.5) is 0 Å². The fourth-order valence-corrected chi connectivity index (χ4v) is 4.62. The quantitative estimate of drug-likeness (QED) is 0.725. The highest BCUT2D eigenvalue weighted by Crippen LogP contribution is 2.38. The van der Waals surface area contributed by atoms with E-state index in [2.05, 4.69) is 10.00 Å². The van der Waals surface area contributed by atoms with Gasteiger partial charge in [0.25, 0.3) is 0 Å². The van der Waals surface area contributed by atoms with Crippen molar-refractivity contribution in [3.05, 3.63) is 47.2 Å². The molecule has 1 saturated heterocycles. The van der Waals surface area contributed by atoms with Crippen LogP contribution in [0.2, 0.25) is 5.02 Å². The van der Waals surface area contributed by atoms with Crippen molar-refractivity contribution in [1.82, 2.24) is 14.7 Å². The number of halogens is 1. The number of likely N-dealkylation sites (tertiary alicyclic amines) is 1. The monoisotopic (exact) mass is 419 g/mol. The molecular weight excluding hydrogens is 394 g/mol. The summed E-state index contributed by atoms with van der Waals surface area (Å²) in [5.41, 5.74) is 0.481. The highest BCUT2D eigenvalue weighted by Gasteiger charge is 2.42. The van der Waals surface area contributed by atoms with Gasteiger partial charge in [0.1, 0.15) is 11.9 Å². The normalized spacial score (nSPS) is 26.9. The van der Waals surface area contributed by atoms with E-state index in [-0.39, 0.29) is 12.1 Å². The molecule has 4 atom stereocenters. The van der Waals surface area contributed by atoms with Crippen molar-refractivity contribution in [1.29, 1.82) is 0 Å². The largest absolute Gasteiger partial charge is 0.488 e. The lowest BCUT2D eigenvalue weighted by Gasteiger charge is -2.35. The van der Waals surface area contributed by atoms with Gasteiger partial charge >= 0.3 is 5.97 Å². The van der Waals surface area contributed by atoms with E-state index in [0.29, 0.717) is 28.2 Å². The zero-order chi connectivity index (χ0) is 20.4. The van der Waals surface area contributed by atoms with E-state index in [1.165, 1.54) is 7.11 Å². The smallest absolute Gasteiger partial charge is 0.337 e. The molecule has 1 aromatic heterocycles. The molecule has 4 rings (SSSR count). The molecule has 1 N–H and O–H groups in total. The summed E-state index contributed by atoms with van der Waals surface area (Å²) < 4.78 is 12.6. The Morgan fingerprint density at radius 3 is 2.59 bits per heavy atom. The molecule has 1 aliphatic heterocycles. The number of aliphatic hydroxyl groups excluding tert-OH is 1. The van der Waals surface area contributed by atoms with Crippen molar-refractivity contribution in [3.63, 3.8) is 0 Å². The minimum absolute atomic E-state index is 0.231. The van der Waals surface area contributed by atoms with Crippen LogP contribution in [-0.2, 0) is 11.3 Å². The van der Waals surface area contributed by atoms with Gasteiger partial charge in [0.05, 0.1) is 36.5 Å². The number of nitrogens with zero attached hydrogens (tertiary/aromatic N) is 3. The summed E-state index contributed by atoms with van der Waals surface area (Å²) in [5.74, 6) is 1.29. The van der Waals surface area contributed by atoms with Crippen LogP contribution in [-0.4, -0.2) is 64.7 Å². The first-order chi connectivity index (χ1) is 14.0. The second-order valence-corrected chi connectivity index (χ2v) is 8.35. The fraction of sp³-hybridized carbons (Fsp3) is 0.524. The van der Waals surface area contributed by atoms with Gasteiger partial charge in [-0.15, -0.1) is 0 Å². The summed E-state index contributed by atoms with van der Waals surface area (Å²) in [7, 11) is 1.36. The summed E-state index contributed by atoms with van der Waals surface area (Å²) >= 11 is 5.92. The molecule has 0 spiro atoms. The van der Waals surface area contributed by atoms with E-state index >= 15 is 0 Å². The lowest BCUT2D eigenvalue weighted by molar-refractivity contribution is -0.0231. The average molecular weight is 420 g/mol. The number of carbonyl (C=O) groups excluding carboxylic acids is 1. The first-order valence-corrected chi connectivity index (χ1v) is 10.3. The van der Waals surface area contributed by atoms with Crippen LogP contribution < -0.4 is 4.74 Å². The molecule has 2 heterocycles. The van der Waals surface area contributed by atoms with Crippen molar-refractivity contribution in [2.75, 3.05) is 26.7 Å². The minimum atomic E-state index is -0.485. The van der Waals surface area contributed by atoms with Crippen molar-refractivity contribution in [2.45, 2.75) is 31.6 Å². The molecule has 2 aliphatic rings. The molecule has 8 heteroatoms. The fourth-order valence-electron chi connectivity index (χ4n) is 4.46. The lowest BCUT2D eigenvalue weighted by Crippen LogP contribution is -2.42. The zero-order valence-electron chi connectivity index (χ0n) is 16.4. The van der Waals surface area contributed by atoms with E-state index in [4.69, 9.17) is 21.1 Å². The molecule has 2 fully saturated rings. The van der Waals surface area contributed by atoms with Gasteiger partial charge in [0.2, 0.25) is 0 Å². The van der Waals surface area contributed by atoms with Gasteiger partial charge in [0, 0.05) is 25.8 Å². The Bertz CT molecular complexity index is 841. The summed E-state index contributed by atoms with van der Waals surface area (Å²) in [6.45, 7) is 3.73. The summed E-state index contributed by atoms with van der Waals surface area (Å²) in [5, 5.41) is 15.5. The number of ether oxygens (including phenoxy) is 2. The molecule has 1 saturated carbocycles. The van der Waals surface area contributed by atoms with Crippen LogP contribution >= 0.6 is 11.6 Å². The van der Waals surface area contributed by atoms with Crippen LogP contribution in [0.15, 0.2) is 36.7 Å². The summed E-state index contributed by atoms with van der Waals surface area (Å²) in [6, 6.07) is 6.86. The molecular formula is C21H26ClN3O4. The average Bonchev–Trinajstić information content (AvgIpc) is 3.31. The number of rotatable bonds is 6. The minimum Gasteiger partial charge on any atom is -0.488 e. The standard InChI is InChI=1S/C21H26ClN3O4/c1-28-21(27)14-2-4-18(5-3-14)29-20-9-16-12-24(11-15(16)8-19(20)26)6-7-25-13-17(22)10-23-25/h2-5,10,13,15-16,19-20,26H,6-9,11-12H2,1H3/t15-,16+,19+,20+/m0/s1. The highest BCUT2D eigenvalue weighted by molar-refractivity contribution is 6.30. The topological polar surface area (TPSA) is 76.8 Å². The van der Waals surface area contributed by atoms with Crippen molar-refractivity contribution >= 4 is 17.6 Å². The second-order valence-electron chi connectivity index (χ2n) is 7.91. The molecule has 1 aliphatic carbocycles. The zero-order valence-corrected chi connectivity index (χ0v) is 17.2. The first kappa shape index (κ1) is 20.2. The van der Waals surface area contributed by atoms with Gasteiger partial charge in [-0.05, 0) is 48.9 Å². The Morgan fingerprint density at radius 2 is 1.93 bits per heavy atom. The van der Waals surface area contributed by atoms with Crippen molar-refractivity contribution in [2.24, 2.45) is 11.8 Å². The maximum absolute atomic E-state index is 11.5. The Balaban J connectivity index is 1.31. The highest BCUT2D eigenvalue weighted by atomic mass is 35.5. The van der Waals surface area contributed by atoms with Crippen molar-refractivity contribution < 1.29 is 19.4 Å². The molecule has 7 nitrogen and oxygen atoms in total. The van der Waals surface area contributed by atoms with E-state index in [9.17, 15) is 9.90 Å². The Morgan fingerprint density at radius 1 is 1.21 bits per heavy atom. The number of carbonyl (C=O) groups is 1. The van der Waals surface area contributed by atoms with E-state index in [1.54, 1.807) is 30.5 Å². The SMILES string of the molecule is COC(=O)c1ccc(O[C@@H]2C[C@@H]3CN(CCn4cc(Cl)cn4)C[C@@H]3C[C@H]2O)cc1. The molecule has 0 radical (unpaired) electrons.